The smallest absolute Gasteiger partial charge is 0.226 e. The quantitative estimate of drug-likeness (QED) is 0.824. The topological polar surface area (TPSA) is 57.8 Å². The van der Waals surface area contributed by atoms with E-state index in [0.29, 0.717) is 12.2 Å². The van der Waals surface area contributed by atoms with Crippen LogP contribution in [0.1, 0.15) is 17.7 Å². The molecule has 1 amide bonds. The molecule has 0 unspecified atom stereocenters. The molecule has 0 fully saturated rings. The third-order valence-corrected chi connectivity index (χ3v) is 3.87. The molecule has 2 rings (SSSR count). The molecular weight excluding hydrogens is 258 g/mol. The molecule has 0 saturated heterocycles. The summed E-state index contributed by atoms with van der Waals surface area (Å²) < 4.78 is 0. The Hall–Kier alpha value is -1.75. The van der Waals surface area contributed by atoms with E-state index in [1.54, 1.807) is 11.8 Å². The van der Waals surface area contributed by atoms with Crippen LogP contribution in [0.5, 0.6) is 0 Å². The van der Waals surface area contributed by atoms with E-state index in [1.165, 1.54) is 4.90 Å². The lowest BCUT2D eigenvalue weighted by molar-refractivity contribution is -0.115. The Kier molecular flexibility index (Phi) is 4.63. The number of hydrogen-bond donors (Lipinski definition) is 2. The summed E-state index contributed by atoms with van der Waals surface area (Å²) in [7, 11) is 0. The van der Waals surface area contributed by atoms with Crippen molar-refractivity contribution in [2.75, 3.05) is 11.1 Å². The predicted octanol–water partition coefficient (Wildman–Crippen LogP) is 3.15. The van der Waals surface area contributed by atoms with Gasteiger partial charge in [0.25, 0.3) is 0 Å². The first-order valence-corrected chi connectivity index (χ1v) is 7.14. The van der Waals surface area contributed by atoms with Gasteiger partial charge < -0.3 is 5.32 Å². The van der Waals surface area contributed by atoms with Gasteiger partial charge in [0, 0.05) is 28.3 Å². The van der Waals surface area contributed by atoms with Crippen molar-refractivity contribution < 1.29 is 4.79 Å². The number of aromatic amines is 1. The van der Waals surface area contributed by atoms with Crippen LogP contribution < -0.4 is 5.32 Å². The third-order valence-electron chi connectivity index (χ3n) is 2.85. The number of carbonyl (C=O) groups excluding carboxylic acids is 1. The number of aryl methyl sites for hydroxylation is 1. The van der Waals surface area contributed by atoms with Crippen LogP contribution in [0.15, 0.2) is 35.2 Å². The van der Waals surface area contributed by atoms with Crippen molar-refractivity contribution in [3.63, 3.8) is 0 Å². The van der Waals surface area contributed by atoms with E-state index in [4.69, 9.17) is 0 Å². The van der Waals surface area contributed by atoms with Gasteiger partial charge in [-0.15, -0.1) is 11.8 Å². The molecule has 1 heterocycles. The molecule has 0 aliphatic rings. The van der Waals surface area contributed by atoms with Crippen molar-refractivity contribution in [1.29, 1.82) is 0 Å². The lowest BCUT2D eigenvalue weighted by atomic mass is 10.3. The summed E-state index contributed by atoms with van der Waals surface area (Å²) in [6, 6.07) is 10.1. The minimum atomic E-state index is -0.00182. The minimum absolute atomic E-state index is 0.00182. The van der Waals surface area contributed by atoms with Gasteiger partial charge in [-0.05, 0) is 26.0 Å². The van der Waals surface area contributed by atoms with E-state index in [0.717, 1.165) is 17.0 Å². The largest absolute Gasteiger partial charge is 0.309 e. The Morgan fingerprint density at radius 3 is 2.68 bits per heavy atom. The Morgan fingerprint density at radius 1 is 1.32 bits per heavy atom. The van der Waals surface area contributed by atoms with Crippen LogP contribution in [-0.4, -0.2) is 21.9 Å². The van der Waals surface area contributed by atoms with E-state index < -0.39 is 0 Å². The summed E-state index contributed by atoms with van der Waals surface area (Å²) in [5, 5.41) is 9.73. The molecule has 1 aromatic carbocycles. The molecule has 4 nitrogen and oxygen atoms in total. The monoisotopic (exact) mass is 275 g/mol. The number of rotatable bonds is 5. The summed E-state index contributed by atoms with van der Waals surface area (Å²) >= 11 is 1.68. The van der Waals surface area contributed by atoms with Crippen LogP contribution in [0, 0.1) is 13.8 Å². The Morgan fingerprint density at radius 2 is 2.05 bits per heavy atom. The second kappa shape index (κ2) is 6.43. The van der Waals surface area contributed by atoms with Gasteiger partial charge in [-0.2, -0.15) is 5.10 Å². The zero-order valence-electron chi connectivity index (χ0n) is 11.1. The van der Waals surface area contributed by atoms with E-state index in [9.17, 15) is 4.79 Å². The van der Waals surface area contributed by atoms with Gasteiger partial charge in [-0.3, -0.25) is 9.89 Å². The van der Waals surface area contributed by atoms with Crippen LogP contribution in [0.25, 0.3) is 0 Å². The maximum absolute atomic E-state index is 11.8. The van der Waals surface area contributed by atoms with Crippen molar-refractivity contribution in [2.45, 2.75) is 25.2 Å². The van der Waals surface area contributed by atoms with Crippen molar-refractivity contribution in [2.24, 2.45) is 0 Å². The molecule has 2 aromatic rings. The van der Waals surface area contributed by atoms with Gasteiger partial charge >= 0.3 is 0 Å². The van der Waals surface area contributed by atoms with E-state index >= 15 is 0 Å². The highest BCUT2D eigenvalue weighted by atomic mass is 32.2. The number of hydrogen-bond acceptors (Lipinski definition) is 3. The van der Waals surface area contributed by atoms with E-state index in [-0.39, 0.29) is 5.91 Å². The number of nitrogens with zero attached hydrogens (tertiary/aromatic N) is 1. The zero-order valence-corrected chi connectivity index (χ0v) is 11.9. The zero-order chi connectivity index (χ0) is 13.7. The molecule has 0 aliphatic heterocycles. The van der Waals surface area contributed by atoms with E-state index in [1.807, 2.05) is 44.2 Å². The SMILES string of the molecule is Cc1[nH]nc(NC(=O)CCSc2ccccc2)c1C. The average Bonchev–Trinajstić information content (AvgIpc) is 2.72. The summed E-state index contributed by atoms with van der Waals surface area (Å²) in [6.07, 6.45) is 0.477. The Labute approximate surface area is 117 Å². The van der Waals surface area contributed by atoms with Crippen LogP contribution in [0.3, 0.4) is 0 Å². The standard InChI is InChI=1S/C14H17N3OS/c1-10-11(2)16-17-14(10)15-13(18)8-9-19-12-6-4-3-5-7-12/h3-7H,8-9H2,1-2H3,(H2,15,16,17,18). The van der Waals surface area contributed by atoms with Crippen molar-refractivity contribution in [1.82, 2.24) is 10.2 Å². The number of amides is 1. The Bertz CT molecular complexity index is 551. The summed E-state index contributed by atoms with van der Waals surface area (Å²) in [5.41, 5.74) is 1.97. The molecule has 0 spiro atoms. The van der Waals surface area contributed by atoms with Crippen molar-refractivity contribution in [3.8, 4) is 0 Å². The third kappa shape index (κ3) is 3.86. The van der Waals surface area contributed by atoms with Gasteiger partial charge in [-0.25, -0.2) is 0 Å². The molecule has 1 aromatic heterocycles. The fourth-order valence-corrected chi connectivity index (χ4v) is 2.45. The summed E-state index contributed by atoms with van der Waals surface area (Å²) in [4.78, 5) is 13.0. The number of H-pyrrole nitrogens is 1. The van der Waals surface area contributed by atoms with Crippen molar-refractivity contribution >= 4 is 23.5 Å². The molecular formula is C14H17N3OS. The highest BCUT2D eigenvalue weighted by Crippen LogP contribution is 2.18. The fourth-order valence-electron chi connectivity index (χ4n) is 1.58. The summed E-state index contributed by atoms with van der Waals surface area (Å²) in [5.74, 6) is 1.39. The van der Waals surface area contributed by atoms with Crippen LogP contribution >= 0.6 is 11.8 Å². The maximum Gasteiger partial charge on any atom is 0.226 e. The first-order valence-electron chi connectivity index (χ1n) is 6.16. The first kappa shape index (κ1) is 13.7. The van der Waals surface area contributed by atoms with Gasteiger partial charge in [0.2, 0.25) is 5.91 Å². The second-order valence-electron chi connectivity index (χ2n) is 4.28. The highest BCUT2D eigenvalue weighted by molar-refractivity contribution is 7.99. The molecule has 0 atom stereocenters. The molecule has 0 aliphatic carbocycles. The fraction of sp³-hybridized carbons (Fsp3) is 0.286. The first-order chi connectivity index (χ1) is 9.16. The number of nitrogens with one attached hydrogen (secondary N) is 2. The average molecular weight is 275 g/mol. The van der Waals surface area contributed by atoms with E-state index in [2.05, 4.69) is 15.5 Å². The number of aromatic nitrogens is 2. The lowest BCUT2D eigenvalue weighted by Gasteiger charge is -2.03. The molecule has 5 heteroatoms. The van der Waals surface area contributed by atoms with Crippen LogP contribution in [-0.2, 0) is 4.79 Å². The number of carbonyl (C=O) groups is 1. The minimum Gasteiger partial charge on any atom is -0.309 e. The van der Waals surface area contributed by atoms with Gasteiger partial charge in [0.1, 0.15) is 0 Å². The molecule has 0 saturated carbocycles. The molecule has 100 valence electrons. The number of thioether (sulfide) groups is 1. The normalized spacial score (nSPS) is 10.4. The molecule has 0 radical (unpaired) electrons. The number of anilines is 1. The van der Waals surface area contributed by atoms with Crippen LogP contribution in [0.4, 0.5) is 5.82 Å². The van der Waals surface area contributed by atoms with Gasteiger partial charge in [0.05, 0.1) is 0 Å². The number of benzene rings is 1. The van der Waals surface area contributed by atoms with Crippen LogP contribution in [0.2, 0.25) is 0 Å². The lowest BCUT2D eigenvalue weighted by Crippen LogP contribution is -2.13. The maximum atomic E-state index is 11.8. The highest BCUT2D eigenvalue weighted by Gasteiger charge is 2.09. The van der Waals surface area contributed by atoms with Gasteiger partial charge in [0.15, 0.2) is 5.82 Å². The van der Waals surface area contributed by atoms with Gasteiger partial charge in [-0.1, -0.05) is 18.2 Å². The predicted molar refractivity (Wildman–Crippen MR) is 78.5 cm³/mol. The second-order valence-corrected chi connectivity index (χ2v) is 5.45. The van der Waals surface area contributed by atoms with Crippen molar-refractivity contribution in [3.05, 3.63) is 41.6 Å². The molecule has 19 heavy (non-hydrogen) atoms. The molecule has 0 bridgehead atoms. The summed E-state index contributed by atoms with van der Waals surface area (Å²) in [6.45, 7) is 3.87. The molecule has 2 N–H and O–H groups in total. The Balaban J connectivity index is 1.78.